The summed E-state index contributed by atoms with van der Waals surface area (Å²) in [5, 5.41) is 6.89. The summed E-state index contributed by atoms with van der Waals surface area (Å²) in [4.78, 5) is 30.9. The predicted octanol–water partition coefficient (Wildman–Crippen LogP) is 4.90. The number of benzene rings is 2. The number of carbonyl (C=O) groups excluding carboxylic acids is 2. The number of nitrogens with one attached hydrogen (secondary N) is 2. The standard InChI is InChI=1S/C24H21N3O2S/c1-14-20(23(29)27-24-26-16-10-5-6-13-19(16)30-24)21(15-8-3-2-4-9-15)22-17(25-14)11-7-12-18(22)28/h2-6,8-10,13,21,25H,7,11-12H2,1H3,(H,26,27,29)/t21-/m0/s1. The number of carbonyl (C=O) groups is 2. The molecule has 2 N–H and O–H groups in total. The Hall–Kier alpha value is -3.25. The molecule has 150 valence electrons. The molecular formula is C24H21N3O2S. The normalized spacial score (nSPS) is 19.0. The molecule has 3 aromatic rings. The van der Waals surface area contributed by atoms with Crippen molar-refractivity contribution >= 4 is 38.4 Å². The molecule has 1 aliphatic carbocycles. The molecular weight excluding hydrogens is 394 g/mol. The van der Waals surface area contributed by atoms with Crippen LogP contribution in [0.15, 0.2) is 77.1 Å². The average molecular weight is 416 g/mol. The smallest absolute Gasteiger partial charge is 0.256 e. The molecule has 0 radical (unpaired) electrons. The fraction of sp³-hybridized carbons (Fsp3) is 0.208. The molecule has 1 aromatic heterocycles. The summed E-state index contributed by atoms with van der Waals surface area (Å²) >= 11 is 1.45. The van der Waals surface area contributed by atoms with Crippen LogP contribution in [0.5, 0.6) is 0 Å². The van der Waals surface area contributed by atoms with Gasteiger partial charge in [0.1, 0.15) is 0 Å². The lowest BCUT2D eigenvalue weighted by Gasteiger charge is -2.34. The third-order valence-electron chi connectivity index (χ3n) is 5.67. The Bertz CT molecular complexity index is 1190. The quantitative estimate of drug-likeness (QED) is 0.638. The summed E-state index contributed by atoms with van der Waals surface area (Å²) in [6.07, 6.45) is 2.19. The van der Waals surface area contributed by atoms with Gasteiger partial charge in [-0.15, -0.1) is 0 Å². The molecule has 0 fully saturated rings. The minimum Gasteiger partial charge on any atom is -0.362 e. The minimum atomic E-state index is -0.371. The minimum absolute atomic E-state index is 0.121. The average Bonchev–Trinajstić information content (AvgIpc) is 3.15. The van der Waals surface area contributed by atoms with Crippen molar-refractivity contribution in [3.8, 4) is 0 Å². The number of aromatic nitrogens is 1. The number of allylic oxidation sites excluding steroid dienone is 3. The Morgan fingerprint density at radius 3 is 2.67 bits per heavy atom. The highest BCUT2D eigenvalue weighted by molar-refractivity contribution is 7.22. The van der Waals surface area contributed by atoms with Crippen LogP contribution in [0.2, 0.25) is 0 Å². The molecule has 1 atom stereocenters. The topological polar surface area (TPSA) is 71.1 Å². The molecule has 2 heterocycles. The molecule has 0 saturated heterocycles. The van der Waals surface area contributed by atoms with E-state index in [0.717, 1.165) is 45.6 Å². The second kappa shape index (κ2) is 7.54. The van der Waals surface area contributed by atoms with Crippen molar-refractivity contribution in [1.29, 1.82) is 0 Å². The van der Waals surface area contributed by atoms with E-state index in [4.69, 9.17) is 0 Å². The summed E-state index contributed by atoms with van der Waals surface area (Å²) in [6.45, 7) is 1.91. The highest BCUT2D eigenvalue weighted by Gasteiger charge is 2.38. The monoisotopic (exact) mass is 415 g/mol. The van der Waals surface area contributed by atoms with Gasteiger partial charge in [-0.05, 0) is 37.5 Å². The first-order chi connectivity index (χ1) is 14.6. The number of nitrogens with zero attached hydrogens (tertiary/aromatic N) is 1. The number of anilines is 1. The van der Waals surface area contributed by atoms with Crippen molar-refractivity contribution in [1.82, 2.24) is 10.3 Å². The Labute approximate surface area is 178 Å². The largest absolute Gasteiger partial charge is 0.362 e. The summed E-state index contributed by atoms with van der Waals surface area (Å²) in [5.41, 5.74) is 4.86. The Morgan fingerprint density at radius 2 is 1.87 bits per heavy atom. The summed E-state index contributed by atoms with van der Waals surface area (Å²) in [7, 11) is 0. The highest BCUT2D eigenvalue weighted by Crippen LogP contribution is 2.42. The van der Waals surface area contributed by atoms with Crippen LogP contribution in [0.4, 0.5) is 5.13 Å². The molecule has 1 amide bonds. The van der Waals surface area contributed by atoms with Crippen LogP contribution in [0.3, 0.4) is 0 Å². The van der Waals surface area contributed by atoms with Crippen molar-refractivity contribution in [2.24, 2.45) is 0 Å². The number of hydrogen-bond donors (Lipinski definition) is 2. The first-order valence-electron chi connectivity index (χ1n) is 10.1. The van der Waals surface area contributed by atoms with Gasteiger partial charge < -0.3 is 5.32 Å². The van der Waals surface area contributed by atoms with Crippen molar-refractivity contribution in [2.75, 3.05) is 5.32 Å². The fourth-order valence-corrected chi connectivity index (χ4v) is 5.21. The Balaban J connectivity index is 1.56. The van der Waals surface area contributed by atoms with Gasteiger partial charge in [0.2, 0.25) is 0 Å². The molecule has 2 aliphatic rings. The number of rotatable bonds is 3. The van der Waals surface area contributed by atoms with Crippen LogP contribution in [0.1, 0.15) is 37.7 Å². The van der Waals surface area contributed by atoms with E-state index in [9.17, 15) is 9.59 Å². The number of dihydropyridines is 1. The van der Waals surface area contributed by atoms with E-state index >= 15 is 0 Å². The third-order valence-corrected chi connectivity index (χ3v) is 6.62. The van der Waals surface area contributed by atoms with Gasteiger partial charge in [0.15, 0.2) is 10.9 Å². The third kappa shape index (κ3) is 3.23. The summed E-state index contributed by atoms with van der Waals surface area (Å²) in [5.74, 6) is -0.474. The van der Waals surface area contributed by atoms with Crippen LogP contribution >= 0.6 is 11.3 Å². The molecule has 5 rings (SSSR count). The first kappa shape index (κ1) is 18.8. The van der Waals surface area contributed by atoms with Gasteiger partial charge in [-0.3, -0.25) is 14.9 Å². The van der Waals surface area contributed by atoms with Gasteiger partial charge in [0.05, 0.1) is 10.2 Å². The van der Waals surface area contributed by atoms with Crippen LogP contribution in [-0.2, 0) is 9.59 Å². The second-order valence-corrected chi connectivity index (χ2v) is 8.65. The highest BCUT2D eigenvalue weighted by atomic mass is 32.1. The molecule has 0 bridgehead atoms. The number of fused-ring (bicyclic) bond motifs is 1. The van der Waals surface area contributed by atoms with Gasteiger partial charge in [-0.1, -0.05) is 53.8 Å². The predicted molar refractivity (Wildman–Crippen MR) is 119 cm³/mol. The molecule has 0 saturated carbocycles. The number of ketones is 1. The number of thiazole rings is 1. The van der Waals surface area contributed by atoms with E-state index in [1.165, 1.54) is 11.3 Å². The van der Waals surface area contributed by atoms with E-state index in [1.54, 1.807) is 0 Å². The van der Waals surface area contributed by atoms with Crippen molar-refractivity contribution in [3.63, 3.8) is 0 Å². The molecule has 1 aliphatic heterocycles. The van der Waals surface area contributed by atoms with Crippen LogP contribution in [0.25, 0.3) is 10.2 Å². The maximum absolute atomic E-state index is 13.4. The molecule has 6 heteroatoms. The van der Waals surface area contributed by atoms with Crippen molar-refractivity contribution < 1.29 is 9.59 Å². The summed E-state index contributed by atoms with van der Waals surface area (Å²) < 4.78 is 1.02. The van der Waals surface area contributed by atoms with E-state index in [0.29, 0.717) is 17.1 Å². The van der Waals surface area contributed by atoms with Gasteiger partial charge in [-0.25, -0.2) is 4.98 Å². The number of hydrogen-bond acceptors (Lipinski definition) is 5. The van der Waals surface area contributed by atoms with Crippen LogP contribution < -0.4 is 10.6 Å². The first-order valence-corrected chi connectivity index (χ1v) is 10.9. The Kier molecular flexibility index (Phi) is 4.71. The van der Waals surface area contributed by atoms with Gasteiger partial charge in [0, 0.05) is 34.9 Å². The van der Waals surface area contributed by atoms with E-state index < -0.39 is 0 Å². The van der Waals surface area contributed by atoms with Crippen molar-refractivity contribution in [2.45, 2.75) is 32.1 Å². The van der Waals surface area contributed by atoms with Crippen molar-refractivity contribution in [3.05, 3.63) is 82.7 Å². The maximum Gasteiger partial charge on any atom is 0.256 e. The maximum atomic E-state index is 13.4. The number of para-hydroxylation sites is 1. The lowest BCUT2D eigenvalue weighted by Crippen LogP contribution is -2.35. The lowest BCUT2D eigenvalue weighted by atomic mass is 9.75. The van der Waals surface area contributed by atoms with Gasteiger partial charge in [0.25, 0.3) is 5.91 Å². The zero-order chi connectivity index (χ0) is 20.7. The summed E-state index contributed by atoms with van der Waals surface area (Å²) in [6, 6.07) is 17.6. The van der Waals surface area contributed by atoms with E-state index in [2.05, 4.69) is 15.6 Å². The van der Waals surface area contributed by atoms with Crippen LogP contribution in [0, 0.1) is 0 Å². The molecule has 0 spiro atoms. The van der Waals surface area contributed by atoms with E-state index in [1.807, 2.05) is 61.5 Å². The molecule has 30 heavy (non-hydrogen) atoms. The lowest BCUT2D eigenvalue weighted by molar-refractivity contribution is -0.116. The van der Waals surface area contributed by atoms with Crippen LogP contribution in [-0.4, -0.2) is 16.7 Å². The zero-order valence-electron chi connectivity index (χ0n) is 16.6. The zero-order valence-corrected chi connectivity index (χ0v) is 17.4. The SMILES string of the molecule is CC1=C(C(=O)Nc2nc3ccccc3s2)[C@H](c2ccccc2)C2=C(CCCC2=O)N1. The number of amides is 1. The number of Topliss-reactive ketones (excluding diaryl/α,β-unsaturated/α-hetero) is 1. The molecule has 2 aromatic carbocycles. The van der Waals surface area contributed by atoms with E-state index in [-0.39, 0.29) is 17.6 Å². The molecule has 5 nitrogen and oxygen atoms in total. The van der Waals surface area contributed by atoms with Gasteiger partial charge in [-0.2, -0.15) is 0 Å². The van der Waals surface area contributed by atoms with Gasteiger partial charge >= 0.3 is 0 Å². The second-order valence-electron chi connectivity index (χ2n) is 7.62. The Morgan fingerprint density at radius 1 is 1.10 bits per heavy atom. The molecule has 0 unspecified atom stereocenters. The fourth-order valence-electron chi connectivity index (χ4n) is 4.35.